The van der Waals surface area contributed by atoms with Crippen LogP contribution in [0.3, 0.4) is 0 Å². The molecule has 0 aromatic heterocycles. The molecule has 148 valence electrons. The molecule has 0 bridgehead atoms. The Morgan fingerprint density at radius 3 is 1.85 bits per heavy atom. The van der Waals surface area contributed by atoms with Crippen LogP contribution in [0, 0.1) is 0 Å². The molecule has 0 saturated carbocycles. The molecule has 0 aliphatic carbocycles. The first-order valence-corrected chi connectivity index (χ1v) is 10.7. The van der Waals surface area contributed by atoms with E-state index in [9.17, 15) is 4.79 Å². The molecule has 0 fully saturated rings. The maximum atomic E-state index is 10.9. The van der Waals surface area contributed by atoms with Gasteiger partial charge in [-0.1, -0.05) is 78.1 Å². The molecule has 1 rings (SSSR count). The van der Waals surface area contributed by atoms with Crippen molar-refractivity contribution in [1.82, 2.24) is 0 Å². The second-order valence-electron chi connectivity index (χ2n) is 7.33. The van der Waals surface area contributed by atoms with Gasteiger partial charge in [0.1, 0.15) is 5.75 Å². The summed E-state index contributed by atoms with van der Waals surface area (Å²) in [5.41, 5.74) is 0.305. The Labute approximate surface area is 160 Å². The Kier molecular flexibility index (Phi) is 12.7. The summed E-state index contributed by atoms with van der Waals surface area (Å²) in [6.07, 6.45) is 17.0. The molecule has 0 aliphatic rings. The van der Waals surface area contributed by atoms with Crippen LogP contribution in [-0.2, 0) is 0 Å². The summed E-state index contributed by atoms with van der Waals surface area (Å²) >= 11 is 0. The quantitative estimate of drug-likeness (QED) is 0.315. The number of hydrogen-bond acceptors (Lipinski definition) is 2. The standard InChI is InChI=1S/C23H38O3/c1-3-5-6-7-8-9-10-11-12-13-15-21(14-4-2)26-22-18-16-20(17-19-22)23(24)25/h16-19,21H,3-15H2,1-2H3,(H,24,25). The molecular formula is C23H38O3. The second kappa shape index (κ2) is 14.6. The van der Waals surface area contributed by atoms with Crippen molar-refractivity contribution in [3.8, 4) is 5.75 Å². The van der Waals surface area contributed by atoms with E-state index in [-0.39, 0.29) is 6.10 Å². The SMILES string of the molecule is CCCCCCCCCCCCC(CCC)Oc1ccc(C(=O)O)cc1. The fourth-order valence-corrected chi connectivity index (χ4v) is 3.31. The minimum absolute atomic E-state index is 0.240. The highest BCUT2D eigenvalue weighted by Gasteiger charge is 2.10. The predicted molar refractivity (Wildman–Crippen MR) is 109 cm³/mol. The fourth-order valence-electron chi connectivity index (χ4n) is 3.31. The molecule has 0 amide bonds. The zero-order chi connectivity index (χ0) is 19.0. The first-order chi connectivity index (χ1) is 12.7. The largest absolute Gasteiger partial charge is 0.490 e. The van der Waals surface area contributed by atoms with Gasteiger partial charge in [0.05, 0.1) is 11.7 Å². The summed E-state index contributed by atoms with van der Waals surface area (Å²) in [4.78, 5) is 10.9. The fraction of sp³-hybridized carbons (Fsp3) is 0.696. The number of benzene rings is 1. The maximum absolute atomic E-state index is 10.9. The summed E-state index contributed by atoms with van der Waals surface area (Å²) in [7, 11) is 0. The highest BCUT2D eigenvalue weighted by atomic mass is 16.5. The molecular weight excluding hydrogens is 324 g/mol. The zero-order valence-electron chi connectivity index (χ0n) is 16.8. The second-order valence-corrected chi connectivity index (χ2v) is 7.33. The van der Waals surface area contributed by atoms with Gasteiger partial charge in [0.25, 0.3) is 0 Å². The molecule has 1 N–H and O–H groups in total. The van der Waals surface area contributed by atoms with Gasteiger partial charge in [0.15, 0.2) is 0 Å². The van der Waals surface area contributed by atoms with Crippen molar-refractivity contribution in [2.75, 3.05) is 0 Å². The Bertz CT molecular complexity index is 467. The molecule has 3 heteroatoms. The lowest BCUT2D eigenvalue weighted by Gasteiger charge is -2.18. The lowest BCUT2D eigenvalue weighted by molar-refractivity contribution is 0.0697. The number of carboxylic acid groups (broad SMARTS) is 1. The summed E-state index contributed by atoms with van der Waals surface area (Å²) in [5, 5.41) is 8.96. The van der Waals surface area contributed by atoms with Crippen LogP contribution in [0.1, 0.15) is 108 Å². The third-order valence-electron chi connectivity index (χ3n) is 4.89. The van der Waals surface area contributed by atoms with Crippen LogP contribution in [0.15, 0.2) is 24.3 Å². The molecule has 3 nitrogen and oxygen atoms in total. The molecule has 0 aliphatic heterocycles. The van der Waals surface area contributed by atoms with Gasteiger partial charge < -0.3 is 9.84 Å². The van der Waals surface area contributed by atoms with E-state index in [1.807, 2.05) is 0 Å². The molecule has 1 unspecified atom stereocenters. The molecule has 0 saturated heterocycles. The van der Waals surface area contributed by atoms with Gasteiger partial charge in [-0.3, -0.25) is 0 Å². The summed E-state index contributed by atoms with van der Waals surface area (Å²) in [5.74, 6) is -0.118. The number of unbranched alkanes of at least 4 members (excludes halogenated alkanes) is 9. The normalized spacial score (nSPS) is 12.1. The monoisotopic (exact) mass is 362 g/mol. The van der Waals surface area contributed by atoms with E-state index in [2.05, 4.69) is 13.8 Å². The predicted octanol–water partition coefficient (Wildman–Crippen LogP) is 7.24. The van der Waals surface area contributed by atoms with Crippen LogP contribution in [0.25, 0.3) is 0 Å². The summed E-state index contributed by atoms with van der Waals surface area (Å²) in [6.45, 7) is 4.45. The molecule has 0 spiro atoms. The molecule has 1 aromatic rings. The summed E-state index contributed by atoms with van der Waals surface area (Å²) in [6, 6.07) is 6.76. The van der Waals surface area contributed by atoms with E-state index < -0.39 is 5.97 Å². The van der Waals surface area contributed by atoms with Crippen molar-refractivity contribution >= 4 is 5.97 Å². The van der Waals surface area contributed by atoms with E-state index >= 15 is 0 Å². The highest BCUT2D eigenvalue weighted by Crippen LogP contribution is 2.20. The van der Waals surface area contributed by atoms with Gasteiger partial charge in [-0.05, 0) is 43.5 Å². The van der Waals surface area contributed by atoms with Crippen LogP contribution in [-0.4, -0.2) is 17.2 Å². The van der Waals surface area contributed by atoms with Crippen LogP contribution in [0.5, 0.6) is 5.75 Å². The van der Waals surface area contributed by atoms with Gasteiger partial charge in [-0.25, -0.2) is 4.79 Å². The minimum Gasteiger partial charge on any atom is -0.490 e. The van der Waals surface area contributed by atoms with Crippen molar-refractivity contribution < 1.29 is 14.6 Å². The van der Waals surface area contributed by atoms with E-state index in [0.717, 1.165) is 25.0 Å². The van der Waals surface area contributed by atoms with E-state index in [1.165, 1.54) is 64.2 Å². The number of rotatable bonds is 16. The maximum Gasteiger partial charge on any atom is 0.335 e. The average molecular weight is 363 g/mol. The van der Waals surface area contributed by atoms with Crippen molar-refractivity contribution in [2.24, 2.45) is 0 Å². The first-order valence-electron chi connectivity index (χ1n) is 10.7. The summed E-state index contributed by atoms with van der Waals surface area (Å²) < 4.78 is 6.08. The van der Waals surface area contributed by atoms with Crippen molar-refractivity contribution in [2.45, 2.75) is 103 Å². The van der Waals surface area contributed by atoms with Gasteiger partial charge >= 0.3 is 5.97 Å². The van der Waals surface area contributed by atoms with Gasteiger partial charge in [0.2, 0.25) is 0 Å². The lowest BCUT2D eigenvalue weighted by Crippen LogP contribution is -2.16. The van der Waals surface area contributed by atoms with Crippen LogP contribution < -0.4 is 4.74 Å². The van der Waals surface area contributed by atoms with E-state index in [0.29, 0.717) is 5.56 Å². The number of ether oxygens (including phenoxy) is 1. The van der Waals surface area contributed by atoms with Crippen molar-refractivity contribution in [3.05, 3.63) is 29.8 Å². The topological polar surface area (TPSA) is 46.5 Å². The van der Waals surface area contributed by atoms with Crippen LogP contribution in [0.2, 0.25) is 0 Å². The van der Waals surface area contributed by atoms with E-state index in [4.69, 9.17) is 9.84 Å². The molecule has 26 heavy (non-hydrogen) atoms. The molecule has 1 atom stereocenters. The zero-order valence-corrected chi connectivity index (χ0v) is 16.8. The van der Waals surface area contributed by atoms with Gasteiger partial charge in [0, 0.05) is 0 Å². The highest BCUT2D eigenvalue weighted by molar-refractivity contribution is 5.87. The number of hydrogen-bond donors (Lipinski definition) is 1. The Morgan fingerprint density at radius 1 is 0.808 bits per heavy atom. The Morgan fingerprint density at radius 2 is 1.35 bits per heavy atom. The number of carbonyl (C=O) groups is 1. The minimum atomic E-state index is -0.896. The lowest BCUT2D eigenvalue weighted by atomic mass is 10.0. The first kappa shape index (κ1) is 22.5. The molecule has 1 aromatic carbocycles. The Hall–Kier alpha value is -1.51. The molecule has 0 radical (unpaired) electrons. The van der Waals surface area contributed by atoms with Gasteiger partial charge in [-0.15, -0.1) is 0 Å². The third kappa shape index (κ3) is 10.5. The van der Waals surface area contributed by atoms with Crippen LogP contribution in [0.4, 0.5) is 0 Å². The smallest absolute Gasteiger partial charge is 0.335 e. The average Bonchev–Trinajstić information content (AvgIpc) is 2.63. The number of carboxylic acids is 1. The Balaban J connectivity index is 2.17. The molecule has 0 heterocycles. The third-order valence-corrected chi connectivity index (χ3v) is 4.89. The van der Waals surface area contributed by atoms with Crippen molar-refractivity contribution in [1.29, 1.82) is 0 Å². The van der Waals surface area contributed by atoms with Crippen molar-refractivity contribution in [3.63, 3.8) is 0 Å². The van der Waals surface area contributed by atoms with Crippen LogP contribution >= 0.6 is 0 Å². The number of aromatic carboxylic acids is 1. The van der Waals surface area contributed by atoms with E-state index in [1.54, 1.807) is 24.3 Å². The van der Waals surface area contributed by atoms with Gasteiger partial charge in [-0.2, -0.15) is 0 Å².